The van der Waals surface area contributed by atoms with E-state index in [-0.39, 0.29) is 28.8 Å². The Morgan fingerprint density at radius 1 is 1.14 bits per heavy atom. The number of methoxy groups -OCH3 is 1. The van der Waals surface area contributed by atoms with E-state index in [1.807, 2.05) is 13.8 Å². The van der Waals surface area contributed by atoms with Gasteiger partial charge in [0, 0.05) is 30.6 Å². The van der Waals surface area contributed by atoms with Crippen LogP contribution in [0.5, 0.6) is 5.88 Å². The van der Waals surface area contributed by atoms with Gasteiger partial charge >= 0.3 is 0 Å². The molecule has 0 unspecified atom stereocenters. The van der Waals surface area contributed by atoms with Crippen LogP contribution in [0.15, 0.2) is 58.5 Å². The highest BCUT2D eigenvalue weighted by molar-refractivity contribution is 7.90. The lowest BCUT2D eigenvalue weighted by atomic mass is 9.88. The summed E-state index contributed by atoms with van der Waals surface area (Å²) < 4.78 is 48.8. The average Bonchev–Trinajstić information content (AvgIpc) is 2.79. The Kier molecular flexibility index (Phi) is 7.74. The maximum absolute atomic E-state index is 14.5. The van der Waals surface area contributed by atoms with Gasteiger partial charge in [-0.25, -0.2) is 22.5 Å². The number of nitrogens with one attached hydrogen (secondary N) is 1. The van der Waals surface area contributed by atoms with E-state index in [1.165, 1.54) is 36.2 Å². The van der Waals surface area contributed by atoms with Crippen LogP contribution in [0.3, 0.4) is 0 Å². The van der Waals surface area contributed by atoms with Crippen molar-refractivity contribution in [2.75, 3.05) is 7.11 Å². The van der Waals surface area contributed by atoms with Crippen LogP contribution in [0.4, 0.5) is 4.39 Å². The third kappa shape index (κ3) is 5.94. The average molecular weight is 502 g/mol. The first-order valence-corrected chi connectivity index (χ1v) is 12.5. The first-order valence-electron chi connectivity index (χ1n) is 11.0. The van der Waals surface area contributed by atoms with Crippen LogP contribution >= 0.6 is 0 Å². The number of amides is 1. The van der Waals surface area contributed by atoms with E-state index in [4.69, 9.17) is 4.74 Å². The van der Waals surface area contributed by atoms with Crippen molar-refractivity contribution < 1.29 is 22.3 Å². The number of hydrogen-bond acceptors (Lipinski definition) is 6. The molecule has 3 rings (SSSR count). The minimum absolute atomic E-state index is 0.137. The van der Waals surface area contributed by atoms with E-state index in [0.29, 0.717) is 28.1 Å². The van der Waals surface area contributed by atoms with E-state index in [9.17, 15) is 22.4 Å². The smallest absolute Gasteiger partial charge is 0.265 e. The van der Waals surface area contributed by atoms with Crippen molar-refractivity contribution in [1.29, 1.82) is 0 Å². The molecule has 0 saturated heterocycles. The van der Waals surface area contributed by atoms with Crippen LogP contribution in [0.2, 0.25) is 0 Å². The number of sulfonamides is 1. The number of halogens is 1. The van der Waals surface area contributed by atoms with Gasteiger partial charge in [0.05, 0.1) is 13.5 Å². The SMILES string of the molecule is COc1cc(-c2cc(F)cc(C(C)C)c2CC(=O)NS(=O)(=O)c2ccc(=O)n(C(C)C)c2)ccn1. The molecule has 0 radical (unpaired) electrons. The van der Waals surface area contributed by atoms with Crippen molar-refractivity contribution in [2.24, 2.45) is 0 Å². The second kappa shape index (κ2) is 10.4. The molecule has 2 heterocycles. The quantitative estimate of drug-likeness (QED) is 0.503. The molecule has 0 saturated carbocycles. The first kappa shape index (κ1) is 26.1. The van der Waals surface area contributed by atoms with Gasteiger partial charge < -0.3 is 9.30 Å². The fraction of sp³-hybridized carbons (Fsp3) is 0.320. The van der Waals surface area contributed by atoms with Crippen molar-refractivity contribution in [3.63, 3.8) is 0 Å². The van der Waals surface area contributed by atoms with E-state index in [0.717, 1.165) is 12.1 Å². The minimum Gasteiger partial charge on any atom is -0.481 e. The van der Waals surface area contributed by atoms with E-state index in [1.54, 1.807) is 26.0 Å². The first-order chi connectivity index (χ1) is 16.4. The molecule has 8 nitrogen and oxygen atoms in total. The molecule has 0 aliphatic heterocycles. The predicted octanol–water partition coefficient (Wildman–Crippen LogP) is 3.81. The van der Waals surface area contributed by atoms with Crippen molar-refractivity contribution >= 4 is 15.9 Å². The number of hydrogen-bond donors (Lipinski definition) is 1. The predicted molar refractivity (Wildman–Crippen MR) is 130 cm³/mol. The Morgan fingerprint density at radius 2 is 1.86 bits per heavy atom. The van der Waals surface area contributed by atoms with Gasteiger partial charge in [0.1, 0.15) is 10.7 Å². The molecule has 186 valence electrons. The summed E-state index contributed by atoms with van der Waals surface area (Å²) in [7, 11) is -2.79. The third-order valence-corrected chi connectivity index (χ3v) is 6.85. The molecule has 10 heteroatoms. The highest BCUT2D eigenvalue weighted by Crippen LogP contribution is 2.33. The number of carbonyl (C=O) groups excluding carboxylic acids is 1. The van der Waals surface area contributed by atoms with Gasteiger partial charge in [-0.3, -0.25) is 9.59 Å². The summed E-state index contributed by atoms with van der Waals surface area (Å²) >= 11 is 0. The van der Waals surface area contributed by atoms with E-state index < -0.39 is 21.7 Å². The summed E-state index contributed by atoms with van der Waals surface area (Å²) in [6.07, 6.45) is 2.40. The van der Waals surface area contributed by atoms with Crippen molar-refractivity contribution in [3.05, 3.63) is 76.1 Å². The van der Waals surface area contributed by atoms with Gasteiger partial charge in [0.25, 0.3) is 15.6 Å². The lowest BCUT2D eigenvalue weighted by Crippen LogP contribution is -2.33. The molecule has 0 fully saturated rings. The minimum atomic E-state index is -4.25. The van der Waals surface area contributed by atoms with E-state index >= 15 is 0 Å². The molecular formula is C25H28FN3O5S. The van der Waals surface area contributed by atoms with Gasteiger partial charge in [0.2, 0.25) is 11.8 Å². The maximum Gasteiger partial charge on any atom is 0.265 e. The Labute approximate surface area is 203 Å². The standard InChI is InChI=1S/C25H28FN3O5S/c1-15(2)20-11-18(26)12-21(17-8-9-27-24(10-17)34-5)22(20)13-23(30)28-35(32,33)19-6-7-25(31)29(14-19)16(3)4/h6-12,14-16H,13H2,1-5H3,(H,28,30). The fourth-order valence-corrected chi connectivity index (χ4v) is 4.76. The van der Waals surface area contributed by atoms with Gasteiger partial charge in [-0.1, -0.05) is 13.8 Å². The summed E-state index contributed by atoms with van der Waals surface area (Å²) in [6.45, 7) is 7.21. The number of ether oxygens (including phenoxy) is 1. The molecule has 0 aliphatic rings. The van der Waals surface area contributed by atoms with Crippen molar-refractivity contribution in [2.45, 2.75) is 51.0 Å². The molecule has 35 heavy (non-hydrogen) atoms. The molecule has 0 atom stereocenters. The zero-order valence-electron chi connectivity index (χ0n) is 20.2. The number of pyridine rings is 2. The van der Waals surface area contributed by atoms with Gasteiger partial charge in [-0.05, 0) is 66.3 Å². The van der Waals surface area contributed by atoms with Crippen LogP contribution < -0.4 is 15.0 Å². The number of benzene rings is 1. The van der Waals surface area contributed by atoms with Crippen LogP contribution in [-0.2, 0) is 21.2 Å². The largest absolute Gasteiger partial charge is 0.481 e. The second-order valence-electron chi connectivity index (χ2n) is 8.67. The molecule has 0 spiro atoms. The molecule has 1 amide bonds. The van der Waals surface area contributed by atoms with Crippen LogP contribution in [0, 0.1) is 5.82 Å². The Morgan fingerprint density at radius 3 is 2.49 bits per heavy atom. The van der Waals surface area contributed by atoms with Gasteiger partial charge in [0.15, 0.2) is 0 Å². The normalized spacial score (nSPS) is 11.7. The third-order valence-electron chi connectivity index (χ3n) is 5.49. The van der Waals surface area contributed by atoms with Crippen LogP contribution in [0.25, 0.3) is 11.1 Å². The number of aromatic nitrogens is 2. The molecule has 0 aliphatic carbocycles. The molecule has 0 bridgehead atoms. The molecule has 3 aromatic rings. The van der Waals surface area contributed by atoms with Gasteiger partial charge in [-0.15, -0.1) is 0 Å². The summed E-state index contributed by atoms with van der Waals surface area (Å²) in [6, 6.07) is 7.97. The monoisotopic (exact) mass is 501 g/mol. The van der Waals surface area contributed by atoms with E-state index in [2.05, 4.69) is 9.71 Å². The van der Waals surface area contributed by atoms with Crippen LogP contribution in [-0.4, -0.2) is 31.0 Å². The zero-order chi connectivity index (χ0) is 25.9. The molecular weight excluding hydrogens is 473 g/mol. The topological polar surface area (TPSA) is 107 Å². The summed E-state index contributed by atoms with van der Waals surface area (Å²) in [5.41, 5.74) is 1.74. The lowest BCUT2D eigenvalue weighted by Gasteiger charge is -2.18. The number of rotatable bonds is 8. The van der Waals surface area contributed by atoms with Crippen molar-refractivity contribution in [1.82, 2.24) is 14.3 Å². The fourth-order valence-electron chi connectivity index (χ4n) is 3.77. The zero-order valence-corrected chi connectivity index (χ0v) is 21.0. The molecule has 2 aromatic heterocycles. The van der Waals surface area contributed by atoms with Crippen molar-refractivity contribution in [3.8, 4) is 17.0 Å². The summed E-state index contributed by atoms with van der Waals surface area (Å²) in [5, 5.41) is 0. The Hall–Kier alpha value is -3.53. The van der Waals surface area contributed by atoms with Gasteiger partial charge in [-0.2, -0.15) is 0 Å². The number of nitrogens with zero attached hydrogens (tertiary/aromatic N) is 2. The lowest BCUT2D eigenvalue weighted by molar-refractivity contribution is -0.118. The summed E-state index contributed by atoms with van der Waals surface area (Å²) in [4.78, 5) is 28.8. The Balaban J connectivity index is 2.01. The highest BCUT2D eigenvalue weighted by atomic mass is 32.2. The highest BCUT2D eigenvalue weighted by Gasteiger charge is 2.23. The maximum atomic E-state index is 14.5. The summed E-state index contributed by atoms with van der Waals surface area (Å²) in [5.74, 6) is -1.09. The molecule has 1 N–H and O–H groups in total. The Bertz CT molecular complexity index is 1410. The molecule has 1 aromatic carbocycles. The second-order valence-corrected chi connectivity index (χ2v) is 10.4. The number of carbonyl (C=O) groups is 1. The van der Waals surface area contributed by atoms with Crippen LogP contribution in [0.1, 0.15) is 50.8 Å².